The summed E-state index contributed by atoms with van der Waals surface area (Å²) >= 11 is 5.85. The Labute approximate surface area is 126 Å². The number of anilines is 1. The summed E-state index contributed by atoms with van der Waals surface area (Å²) in [6, 6.07) is 15.4. The number of rotatable bonds is 2. The van der Waals surface area contributed by atoms with E-state index in [9.17, 15) is 9.90 Å². The summed E-state index contributed by atoms with van der Waals surface area (Å²) in [4.78, 5) is 16.5. The average Bonchev–Trinajstić information content (AvgIpc) is 2.50. The van der Waals surface area contributed by atoms with Gasteiger partial charge in [0.05, 0.1) is 11.2 Å². The van der Waals surface area contributed by atoms with Gasteiger partial charge in [-0.1, -0.05) is 35.9 Å². The molecule has 21 heavy (non-hydrogen) atoms. The highest BCUT2D eigenvalue weighted by Gasteiger charge is 2.11. The second kappa shape index (κ2) is 5.42. The molecule has 0 aliphatic heterocycles. The molecule has 0 saturated heterocycles. The van der Waals surface area contributed by atoms with E-state index in [4.69, 9.17) is 11.6 Å². The topological polar surface area (TPSA) is 62.2 Å². The fourth-order valence-corrected chi connectivity index (χ4v) is 2.16. The number of halogens is 1. The van der Waals surface area contributed by atoms with Crippen LogP contribution < -0.4 is 5.32 Å². The number of hydrogen-bond donors (Lipinski definition) is 2. The first-order valence-electron chi connectivity index (χ1n) is 6.29. The average molecular weight is 299 g/mol. The van der Waals surface area contributed by atoms with Crippen LogP contribution in [0.5, 0.6) is 5.75 Å². The Morgan fingerprint density at radius 2 is 1.90 bits per heavy atom. The van der Waals surface area contributed by atoms with Gasteiger partial charge in [-0.05, 0) is 30.3 Å². The second-order valence-electron chi connectivity index (χ2n) is 4.50. The number of nitrogens with one attached hydrogen (secondary N) is 1. The van der Waals surface area contributed by atoms with E-state index >= 15 is 0 Å². The lowest BCUT2D eigenvalue weighted by atomic mass is 10.2. The third-order valence-corrected chi connectivity index (χ3v) is 3.27. The molecule has 0 radical (unpaired) electrons. The fourth-order valence-electron chi connectivity index (χ4n) is 1.99. The zero-order valence-electron chi connectivity index (χ0n) is 10.9. The number of nitrogens with zero attached hydrogens (tertiary/aromatic N) is 1. The molecule has 0 saturated carbocycles. The summed E-state index contributed by atoms with van der Waals surface area (Å²) in [6.07, 6.45) is 0. The SMILES string of the molecule is O=C(Nc1cc(Cl)ccc1O)c1ccc2ccccc2n1. The Balaban J connectivity index is 1.91. The molecule has 0 aliphatic carbocycles. The molecule has 0 spiro atoms. The number of aromatic hydroxyl groups is 1. The molecule has 5 heteroatoms. The number of aromatic nitrogens is 1. The minimum Gasteiger partial charge on any atom is -0.506 e. The van der Waals surface area contributed by atoms with Crippen LogP contribution in [0, 0.1) is 0 Å². The van der Waals surface area contributed by atoms with Gasteiger partial charge in [0.25, 0.3) is 5.91 Å². The smallest absolute Gasteiger partial charge is 0.274 e. The number of carbonyl (C=O) groups is 1. The van der Waals surface area contributed by atoms with Gasteiger partial charge in [-0.2, -0.15) is 0 Å². The second-order valence-corrected chi connectivity index (χ2v) is 4.94. The molecule has 3 aromatic rings. The summed E-state index contributed by atoms with van der Waals surface area (Å²) in [5.41, 5.74) is 1.26. The van der Waals surface area contributed by atoms with E-state index in [0.29, 0.717) is 5.02 Å². The van der Waals surface area contributed by atoms with Gasteiger partial charge in [-0.3, -0.25) is 4.79 Å². The number of phenolic OH excluding ortho intramolecular Hbond substituents is 1. The van der Waals surface area contributed by atoms with Crippen molar-refractivity contribution in [1.82, 2.24) is 4.98 Å². The fraction of sp³-hybridized carbons (Fsp3) is 0. The van der Waals surface area contributed by atoms with Crippen molar-refractivity contribution in [3.8, 4) is 5.75 Å². The molecule has 0 aliphatic rings. The quantitative estimate of drug-likeness (QED) is 0.706. The zero-order chi connectivity index (χ0) is 14.8. The van der Waals surface area contributed by atoms with E-state index in [2.05, 4.69) is 10.3 Å². The molecule has 4 nitrogen and oxygen atoms in total. The van der Waals surface area contributed by atoms with Gasteiger partial charge in [-0.15, -0.1) is 0 Å². The lowest BCUT2D eigenvalue weighted by Gasteiger charge is -2.08. The van der Waals surface area contributed by atoms with Gasteiger partial charge in [-0.25, -0.2) is 4.98 Å². The Morgan fingerprint density at radius 1 is 1.10 bits per heavy atom. The molecule has 1 heterocycles. The van der Waals surface area contributed by atoms with Gasteiger partial charge in [0, 0.05) is 10.4 Å². The summed E-state index contributed by atoms with van der Waals surface area (Å²) in [7, 11) is 0. The number of fused-ring (bicyclic) bond motifs is 1. The number of phenols is 1. The maximum atomic E-state index is 12.2. The summed E-state index contributed by atoms with van der Waals surface area (Å²) < 4.78 is 0. The Hall–Kier alpha value is -2.59. The van der Waals surface area contributed by atoms with Gasteiger partial charge in [0.1, 0.15) is 11.4 Å². The normalized spacial score (nSPS) is 10.5. The van der Waals surface area contributed by atoms with Gasteiger partial charge in [0.2, 0.25) is 0 Å². The van der Waals surface area contributed by atoms with Gasteiger partial charge < -0.3 is 10.4 Å². The van der Waals surface area contributed by atoms with Crippen molar-refractivity contribution in [3.63, 3.8) is 0 Å². The van der Waals surface area contributed by atoms with Crippen LogP contribution >= 0.6 is 11.6 Å². The first kappa shape index (κ1) is 13.4. The maximum Gasteiger partial charge on any atom is 0.274 e. The zero-order valence-corrected chi connectivity index (χ0v) is 11.6. The van der Waals surface area contributed by atoms with Crippen LogP contribution in [0.1, 0.15) is 10.5 Å². The maximum absolute atomic E-state index is 12.2. The van der Waals surface area contributed by atoms with E-state index in [1.54, 1.807) is 12.1 Å². The number of carbonyl (C=O) groups excluding carboxylic acids is 1. The molecule has 0 unspecified atom stereocenters. The highest BCUT2D eigenvalue weighted by Crippen LogP contribution is 2.27. The largest absolute Gasteiger partial charge is 0.506 e. The van der Waals surface area contributed by atoms with Crippen LogP contribution in [-0.2, 0) is 0 Å². The Bertz CT molecular complexity index is 833. The van der Waals surface area contributed by atoms with Crippen LogP contribution in [0.3, 0.4) is 0 Å². The molecule has 0 bridgehead atoms. The van der Waals surface area contributed by atoms with E-state index < -0.39 is 5.91 Å². The molecular formula is C16H11ClN2O2. The molecule has 2 N–H and O–H groups in total. The lowest BCUT2D eigenvalue weighted by Crippen LogP contribution is -2.13. The molecular weight excluding hydrogens is 288 g/mol. The van der Waals surface area contributed by atoms with Crippen molar-refractivity contribution in [2.75, 3.05) is 5.32 Å². The van der Waals surface area contributed by atoms with Gasteiger partial charge in [0.15, 0.2) is 0 Å². The van der Waals surface area contributed by atoms with Crippen molar-refractivity contribution in [3.05, 3.63) is 65.3 Å². The highest BCUT2D eigenvalue weighted by atomic mass is 35.5. The highest BCUT2D eigenvalue weighted by molar-refractivity contribution is 6.31. The first-order valence-corrected chi connectivity index (χ1v) is 6.67. The molecule has 0 fully saturated rings. The Kier molecular flexibility index (Phi) is 3.46. The lowest BCUT2D eigenvalue weighted by molar-refractivity contribution is 0.102. The molecule has 2 aromatic carbocycles. The summed E-state index contributed by atoms with van der Waals surface area (Å²) in [5, 5.41) is 13.7. The monoisotopic (exact) mass is 298 g/mol. The van der Waals surface area contributed by atoms with E-state index in [1.807, 2.05) is 30.3 Å². The van der Waals surface area contributed by atoms with Crippen molar-refractivity contribution in [2.24, 2.45) is 0 Å². The Morgan fingerprint density at radius 3 is 2.76 bits per heavy atom. The number of pyridine rings is 1. The van der Waals surface area contributed by atoms with Crippen molar-refractivity contribution < 1.29 is 9.90 Å². The van der Waals surface area contributed by atoms with E-state index in [1.165, 1.54) is 12.1 Å². The molecule has 3 rings (SSSR count). The molecule has 1 amide bonds. The van der Waals surface area contributed by atoms with Crippen molar-refractivity contribution >= 4 is 34.1 Å². The number of amides is 1. The van der Waals surface area contributed by atoms with Gasteiger partial charge >= 0.3 is 0 Å². The number of hydrogen-bond acceptors (Lipinski definition) is 3. The van der Waals surface area contributed by atoms with Crippen LogP contribution in [0.2, 0.25) is 5.02 Å². The number of benzene rings is 2. The summed E-state index contributed by atoms with van der Waals surface area (Å²) in [5.74, 6) is -0.452. The first-order chi connectivity index (χ1) is 10.1. The van der Waals surface area contributed by atoms with Crippen molar-refractivity contribution in [1.29, 1.82) is 0 Å². The van der Waals surface area contributed by atoms with E-state index in [0.717, 1.165) is 10.9 Å². The van der Waals surface area contributed by atoms with Crippen LogP contribution in [0.25, 0.3) is 10.9 Å². The minimum atomic E-state index is -0.404. The molecule has 1 aromatic heterocycles. The van der Waals surface area contributed by atoms with E-state index in [-0.39, 0.29) is 17.1 Å². The summed E-state index contributed by atoms with van der Waals surface area (Å²) in [6.45, 7) is 0. The van der Waals surface area contributed by atoms with Crippen molar-refractivity contribution in [2.45, 2.75) is 0 Å². The molecule has 104 valence electrons. The third kappa shape index (κ3) is 2.80. The predicted octanol–water partition coefficient (Wildman–Crippen LogP) is 3.85. The van der Waals surface area contributed by atoms with Crippen LogP contribution in [-0.4, -0.2) is 16.0 Å². The minimum absolute atomic E-state index is 0.0476. The molecule has 0 atom stereocenters. The predicted molar refractivity (Wildman–Crippen MR) is 82.8 cm³/mol. The number of para-hydroxylation sites is 1. The third-order valence-electron chi connectivity index (χ3n) is 3.04. The van der Waals surface area contributed by atoms with Crippen LogP contribution in [0.4, 0.5) is 5.69 Å². The van der Waals surface area contributed by atoms with Crippen LogP contribution in [0.15, 0.2) is 54.6 Å². The standard InChI is InChI=1S/C16H11ClN2O2/c17-11-6-8-15(20)14(9-11)19-16(21)13-7-5-10-3-1-2-4-12(10)18-13/h1-9,20H,(H,19,21).